The largest absolute Gasteiger partial charge is 0.493 e. The van der Waals surface area contributed by atoms with E-state index in [1.165, 1.54) is 5.56 Å². The van der Waals surface area contributed by atoms with Crippen LogP contribution in [0, 0.1) is 11.3 Å². The Bertz CT molecular complexity index is 1090. The van der Waals surface area contributed by atoms with E-state index in [1.54, 1.807) is 23.8 Å². The Morgan fingerprint density at radius 1 is 1.19 bits per heavy atom. The maximum absolute atomic E-state index is 13.2. The van der Waals surface area contributed by atoms with E-state index in [1.807, 2.05) is 37.3 Å². The average Bonchev–Trinajstić information content (AvgIpc) is 2.84. The molecule has 0 saturated carbocycles. The number of anilines is 1. The third-order valence-corrected chi connectivity index (χ3v) is 7.05. The van der Waals surface area contributed by atoms with E-state index in [0.29, 0.717) is 36.2 Å². The van der Waals surface area contributed by atoms with Crippen molar-refractivity contribution < 1.29 is 14.3 Å². The monoisotopic (exact) mass is 449 g/mol. The lowest BCUT2D eigenvalue weighted by atomic mass is 9.86. The molecule has 32 heavy (non-hydrogen) atoms. The number of amides is 1. The number of methoxy groups -OCH3 is 1. The number of allylic oxidation sites excluding steroid dienone is 1. The van der Waals surface area contributed by atoms with Gasteiger partial charge in [0.2, 0.25) is 5.91 Å². The molecular formula is C25H27N3O3S. The molecule has 2 aliphatic heterocycles. The third-order valence-electron chi connectivity index (χ3n) is 5.90. The van der Waals surface area contributed by atoms with Gasteiger partial charge in [-0.15, -0.1) is 0 Å². The van der Waals surface area contributed by atoms with Crippen LogP contribution in [0.15, 0.2) is 53.1 Å². The first-order chi connectivity index (χ1) is 15.6. The molecule has 1 fully saturated rings. The molecule has 1 saturated heterocycles. The predicted octanol–water partition coefficient (Wildman–Crippen LogP) is 4.88. The van der Waals surface area contributed by atoms with Crippen molar-refractivity contribution in [3.8, 4) is 17.6 Å². The molecule has 0 bridgehead atoms. The molecule has 0 unspecified atom stereocenters. The molecule has 0 aliphatic carbocycles. The molecule has 6 nitrogen and oxygen atoms in total. The first kappa shape index (κ1) is 22.1. The molecule has 2 aliphatic rings. The molecule has 0 spiro atoms. The van der Waals surface area contributed by atoms with Gasteiger partial charge in [-0.05, 0) is 42.7 Å². The van der Waals surface area contributed by atoms with E-state index < -0.39 is 0 Å². The molecule has 0 N–H and O–H groups in total. The van der Waals surface area contributed by atoms with E-state index in [4.69, 9.17) is 9.47 Å². The summed E-state index contributed by atoms with van der Waals surface area (Å²) in [5.74, 6) is 1.71. The second kappa shape index (κ2) is 9.58. The number of carbonyl (C=O) groups excluding carboxylic acids is 1. The Morgan fingerprint density at radius 3 is 2.72 bits per heavy atom. The molecule has 1 amide bonds. The van der Waals surface area contributed by atoms with Crippen molar-refractivity contribution in [3.05, 3.63) is 64.2 Å². The van der Waals surface area contributed by atoms with E-state index >= 15 is 0 Å². The molecule has 4 rings (SSSR count). The number of carbonyl (C=O) groups is 1. The smallest absolute Gasteiger partial charge is 0.229 e. The number of aryl methyl sites for hydroxylation is 1. The number of rotatable bonds is 6. The van der Waals surface area contributed by atoms with Crippen LogP contribution >= 0.6 is 11.8 Å². The highest BCUT2D eigenvalue weighted by atomic mass is 32.2. The zero-order valence-electron chi connectivity index (χ0n) is 18.6. The highest BCUT2D eigenvalue weighted by Crippen LogP contribution is 2.44. The number of para-hydroxylation sites is 1. The van der Waals surface area contributed by atoms with E-state index in [2.05, 4.69) is 30.0 Å². The number of hydrogen-bond donors (Lipinski definition) is 0. The summed E-state index contributed by atoms with van der Waals surface area (Å²) in [7, 11) is 1.60. The molecule has 1 atom stereocenters. The van der Waals surface area contributed by atoms with Gasteiger partial charge in [0.15, 0.2) is 11.5 Å². The molecule has 7 heteroatoms. The second-order valence-corrected chi connectivity index (χ2v) is 8.62. The Kier molecular flexibility index (Phi) is 6.61. The topological polar surface area (TPSA) is 65.8 Å². The van der Waals surface area contributed by atoms with Gasteiger partial charge in [0, 0.05) is 18.0 Å². The quantitative estimate of drug-likeness (QED) is 0.627. The van der Waals surface area contributed by atoms with E-state index in [-0.39, 0.29) is 18.2 Å². The number of thioether (sulfide) groups is 1. The normalized spacial score (nSPS) is 18.3. The number of hydrogen-bond acceptors (Lipinski definition) is 6. The van der Waals surface area contributed by atoms with Crippen molar-refractivity contribution in [1.29, 1.82) is 5.26 Å². The van der Waals surface area contributed by atoms with Crippen LogP contribution < -0.4 is 14.4 Å². The molecule has 0 aromatic heterocycles. The van der Waals surface area contributed by atoms with Crippen LogP contribution in [0.4, 0.5) is 5.69 Å². The summed E-state index contributed by atoms with van der Waals surface area (Å²) in [6.07, 6.45) is 1.19. The van der Waals surface area contributed by atoms with Crippen LogP contribution in [0.3, 0.4) is 0 Å². The van der Waals surface area contributed by atoms with Crippen LogP contribution in [0.1, 0.15) is 37.3 Å². The number of ether oxygens (including phenoxy) is 2. The molecule has 166 valence electrons. The fraction of sp³-hybridized carbons (Fsp3) is 0.360. The summed E-state index contributed by atoms with van der Waals surface area (Å²) in [5.41, 5.74) is 3.93. The van der Waals surface area contributed by atoms with Crippen molar-refractivity contribution in [1.82, 2.24) is 4.90 Å². The summed E-state index contributed by atoms with van der Waals surface area (Å²) in [6.45, 7) is 5.05. The minimum absolute atomic E-state index is 0.0306. The minimum atomic E-state index is -0.287. The van der Waals surface area contributed by atoms with Gasteiger partial charge in [-0.25, -0.2) is 0 Å². The van der Waals surface area contributed by atoms with E-state index in [0.717, 1.165) is 22.7 Å². The number of nitriles is 1. The van der Waals surface area contributed by atoms with Gasteiger partial charge < -0.3 is 14.4 Å². The maximum atomic E-state index is 13.2. The zero-order valence-corrected chi connectivity index (χ0v) is 19.4. The van der Waals surface area contributed by atoms with Gasteiger partial charge in [-0.2, -0.15) is 5.26 Å². The van der Waals surface area contributed by atoms with Gasteiger partial charge in [0.25, 0.3) is 0 Å². The Hall–Kier alpha value is -3.11. The van der Waals surface area contributed by atoms with Crippen LogP contribution in [0.2, 0.25) is 0 Å². The van der Waals surface area contributed by atoms with Crippen molar-refractivity contribution >= 4 is 23.4 Å². The minimum Gasteiger partial charge on any atom is -0.493 e. The van der Waals surface area contributed by atoms with Gasteiger partial charge in [-0.3, -0.25) is 9.69 Å². The lowest BCUT2D eigenvalue weighted by molar-refractivity contribution is -0.129. The second-order valence-electron chi connectivity index (χ2n) is 7.69. The highest BCUT2D eigenvalue weighted by molar-refractivity contribution is 8.03. The van der Waals surface area contributed by atoms with Gasteiger partial charge >= 0.3 is 0 Å². The van der Waals surface area contributed by atoms with Gasteiger partial charge in [0.1, 0.15) is 0 Å². The summed E-state index contributed by atoms with van der Waals surface area (Å²) < 4.78 is 11.1. The van der Waals surface area contributed by atoms with Crippen molar-refractivity contribution in [2.45, 2.75) is 32.6 Å². The Balaban J connectivity index is 1.66. The van der Waals surface area contributed by atoms with Crippen LogP contribution in [-0.4, -0.2) is 37.1 Å². The first-order valence-electron chi connectivity index (χ1n) is 10.8. The van der Waals surface area contributed by atoms with Gasteiger partial charge in [-0.1, -0.05) is 43.0 Å². The summed E-state index contributed by atoms with van der Waals surface area (Å²) in [5, 5.41) is 10.8. The fourth-order valence-corrected chi connectivity index (χ4v) is 5.45. The van der Waals surface area contributed by atoms with Crippen molar-refractivity contribution in [3.63, 3.8) is 0 Å². The van der Waals surface area contributed by atoms with Crippen LogP contribution in [0.25, 0.3) is 0 Å². The SMILES string of the molecule is CCOc1ccc([C@@H]2CC(=O)N3CN(c4ccccc4CC)CSC3=C2C#N)cc1OC. The number of benzene rings is 2. The highest BCUT2D eigenvalue weighted by Gasteiger charge is 2.38. The standard InChI is InChI=1S/C25H27N3O3S/c1-4-17-8-6-7-9-21(17)27-15-28-24(29)13-19(20(14-26)25(28)32-16-27)18-10-11-22(31-5-2)23(12-18)30-3/h6-12,19H,4-5,13,15-16H2,1-3H3/t19-/m0/s1. The summed E-state index contributed by atoms with van der Waals surface area (Å²) >= 11 is 1.56. The van der Waals surface area contributed by atoms with Crippen LogP contribution in [-0.2, 0) is 11.2 Å². The Labute approximate surface area is 193 Å². The summed E-state index contributed by atoms with van der Waals surface area (Å²) in [4.78, 5) is 17.2. The van der Waals surface area contributed by atoms with E-state index in [9.17, 15) is 10.1 Å². The predicted molar refractivity (Wildman–Crippen MR) is 127 cm³/mol. The lowest BCUT2D eigenvalue weighted by Gasteiger charge is -2.42. The molecule has 0 radical (unpaired) electrons. The molecule has 2 heterocycles. The van der Waals surface area contributed by atoms with Crippen LogP contribution in [0.5, 0.6) is 11.5 Å². The van der Waals surface area contributed by atoms with Crippen molar-refractivity contribution in [2.75, 3.05) is 31.2 Å². The third kappa shape index (κ3) is 4.03. The maximum Gasteiger partial charge on any atom is 0.229 e. The average molecular weight is 450 g/mol. The number of nitrogens with zero attached hydrogens (tertiary/aromatic N) is 3. The molecule has 2 aromatic rings. The first-order valence-corrected chi connectivity index (χ1v) is 11.8. The Morgan fingerprint density at radius 2 is 2.00 bits per heavy atom. The summed E-state index contributed by atoms with van der Waals surface area (Å²) in [6, 6.07) is 16.4. The fourth-order valence-electron chi connectivity index (χ4n) is 4.29. The number of fused-ring (bicyclic) bond motifs is 1. The van der Waals surface area contributed by atoms with Crippen molar-refractivity contribution in [2.24, 2.45) is 0 Å². The van der Waals surface area contributed by atoms with Gasteiger partial charge in [0.05, 0.1) is 42.9 Å². The zero-order chi connectivity index (χ0) is 22.7. The molecular weight excluding hydrogens is 422 g/mol. The molecule has 2 aromatic carbocycles. The lowest BCUT2D eigenvalue weighted by Crippen LogP contribution is -2.47.